The van der Waals surface area contributed by atoms with Crippen molar-refractivity contribution in [2.45, 2.75) is 97.5 Å². The fourth-order valence-electron chi connectivity index (χ4n) is 2.16. The van der Waals surface area contributed by atoms with E-state index in [1.54, 1.807) is 0 Å². The van der Waals surface area contributed by atoms with E-state index in [1.807, 2.05) is 13.8 Å². The zero-order valence-electron chi connectivity index (χ0n) is 14.7. The Bertz CT molecular complexity index is 289. The lowest BCUT2D eigenvalue weighted by Crippen LogP contribution is -2.16. The summed E-state index contributed by atoms with van der Waals surface area (Å²) in [5.74, 6) is -0.611. The number of ether oxygens (including phenoxy) is 2. The summed E-state index contributed by atoms with van der Waals surface area (Å²) in [6.07, 6.45) is 10.3. The molecule has 1 atom stereocenters. The highest BCUT2D eigenvalue weighted by Crippen LogP contribution is 2.11. The van der Waals surface area contributed by atoms with Gasteiger partial charge in [-0.05, 0) is 26.2 Å². The first-order valence-corrected chi connectivity index (χ1v) is 8.95. The highest BCUT2D eigenvalue weighted by atomic mass is 16.5. The average Bonchev–Trinajstić information content (AvgIpc) is 2.49. The average molecular weight is 314 g/mol. The predicted octanol–water partition coefficient (Wildman–Crippen LogP) is 4.79. The van der Waals surface area contributed by atoms with Gasteiger partial charge in [0.2, 0.25) is 0 Å². The molecule has 0 rings (SSSR count). The molecule has 0 saturated heterocycles. The second-order valence-corrected chi connectivity index (χ2v) is 5.93. The second-order valence-electron chi connectivity index (χ2n) is 5.93. The fraction of sp³-hybridized carbons (Fsp3) is 0.889. The van der Waals surface area contributed by atoms with Crippen LogP contribution in [-0.2, 0) is 19.1 Å². The maximum Gasteiger partial charge on any atom is 0.306 e. The standard InChI is InChI=1S/C18H34O4/c1-4-6-8-9-10-11-12-16(3)22-18(20)14-13-17(19)21-15-7-5-2/h16H,4-15H2,1-3H3. The molecule has 0 aliphatic carbocycles. The normalized spacial score (nSPS) is 12.0. The van der Waals surface area contributed by atoms with Crippen LogP contribution in [0, 0.1) is 0 Å². The maximum absolute atomic E-state index is 11.6. The summed E-state index contributed by atoms with van der Waals surface area (Å²) in [6.45, 7) is 6.61. The highest BCUT2D eigenvalue weighted by Gasteiger charge is 2.12. The quantitative estimate of drug-likeness (QED) is 0.341. The lowest BCUT2D eigenvalue weighted by Gasteiger charge is -2.13. The van der Waals surface area contributed by atoms with Gasteiger partial charge in [0.1, 0.15) is 0 Å². The van der Waals surface area contributed by atoms with Gasteiger partial charge in [0.05, 0.1) is 25.6 Å². The first-order valence-electron chi connectivity index (χ1n) is 8.95. The highest BCUT2D eigenvalue weighted by molar-refractivity contribution is 5.77. The van der Waals surface area contributed by atoms with Gasteiger partial charge in [-0.3, -0.25) is 9.59 Å². The minimum absolute atomic E-state index is 0.0604. The molecule has 0 aromatic carbocycles. The number of hydrogen-bond donors (Lipinski definition) is 0. The first-order chi connectivity index (χ1) is 10.6. The molecule has 0 fully saturated rings. The van der Waals surface area contributed by atoms with Gasteiger partial charge in [-0.15, -0.1) is 0 Å². The van der Waals surface area contributed by atoms with Crippen LogP contribution in [0.4, 0.5) is 0 Å². The summed E-state index contributed by atoms with van der Waals surface area (Å²) in [4.78, 5) is 23.0. The van der Waals surface area contributed by atoms with Crippen LogP contribution in [-0.4, -0.2) is 24.6 Å². The molecule has 4 nitrogen and oxygen atoms in total. The van der Waals surface area contributed by atoms with E-state index in [9.17, 15) is 9.59 Å². The van der Waals surface area contributed by atoms with E-state index in [2.05, 4.69) is 6.92 Å². The molecule has 0 heterocycles. The predicted molar refractivity (Wildman–Crippen MR) is 88.6 cm³/mol. The lowest BCUT2D eigenvalue weighted by molar-refractivity contribution is -0.153. The summed E-state index contributed by atoms with van der Waals surface area (Å²) in [5.41, 5.74) is 0. The Morgan fingerprint density at radius 2 is 1.41 bits per heavy atom. The lowest BCUT2D eigenvalue weighted by atomic mass is 10.1. The zero-order valence-corrected chi connectivity index (χ0v) is 14.7. The van der Waals surface area contributed by atoms with Gasteiger partial charge in [0.25, 0.3) is 0 Å². The van der Waals surface area contributed by atoms with Crippen molar-refractivity contribution in [2.24, 2.45) is 0 Å². The Labute approximate surface area is 135 Å². The molecule has 0 spiro atoms. The van der Waals surface area contributed by atoms with Crippen molar-refractivity contribution >= 4 is 11.9 Å². The molecule has 1 unspecified atom stereocenters. The summed E-state index contributed by atoms with van der Waals surface area (Å²) < 4.78 is 10.3. The SMILES string of the molecule is CCCCCCCCC(C)OC(=O)CCC(=O)OCCCC. The molecule has 0 N–H and O–H groups in total. The molecular weight excluding hydrogens is 280 g/mol. The van der Waals surface area contributed by atoms with Gasteiger partial charge in [0, 0.05) is 0 Å². The van der Waals surface area contributed by atoms with Crippen LogP contribution >= 0.6 is 0 Å². The van der Waals surface area contributed by atoms with Crippen LogP contribution in [0.15, 0.2) is 0 Å². The molecule has 0 aliphatic rings. The number of carbonyl (C=O) groups excluding carboxylic acids is 2. The Morgan fingerprint density at radius 1 is 0.818 bits per heavy atom. The van der Waals surface area contributed by atoms with Crippen LogP contribution in [0.1, 0.15) is 91.4 Å². The molecule has 0 aromatic rings. The van der Waals surface area contributed by atoms with E-state index in [1.165, 1.54) is 32.1 Å². The number of carbonyl (C=O) groups is 2. The number of rotatable bonds is 14. The molecule has 0 bridgehead atoms. The molecule has 0 amide bonds. The third kappa shape index (κ3) is 13.9. The van der Waals surface area contributed by atoms with Crippen molar-refractivity contribution in [2.75, 3.05) is 6.61 Å². The molecule has 0 aromatic heterocycles. The largest absolute Gasteiger partial charge is 0.466 e. The maximum atomic E-state index is 11.6. The first kappa shape index (κ1) is 20.9. The Morgan fingerprint density at radius 3 is 2.09 bits per heavy atom. The van der Waals surface area contributed by atoms with Crippen molar-refractivity contribution in [3.05, 3.63) is 0 Å². The third-order valence-corrected chi connectivity index (χ3v) is 3.59. The minimum atomic E-state index is -0.311. The van der Waals surface area contributed by atoms with Crippen LogP contribution in [0.5, 0.6) is 0 Å². The van der Waals surface area contributed by atoms with Gasteiger partial charge >= 0.3 is 11.9 Å². The van der Waals surface area contributed by atoms with Gasteiger partial charge < -0.3 is 9.47 Å². The van der Waals surface area contributed by atoms with Gasteiger partial charge in [-0.1, -0.05) is 52.4 Å². The summed E-state index contributed by atoms with van der Waals surface area (Å²) >= 11 is 0. The Hall–Kier alpha value is -1.06. The van der Waals surface area contributed by atoms with Crippen molar-refractivity contribution in [1.82, 2.24) is 0 Å². The molecular formula is C18H34O4. The van der Waals surface area contributed by atoms with Gasteiger partial charge in [-0.2, -0.15) is 0 Å². The van der Waals surface area contributed by atoms with Gasteiger partial charge in [0.15, 0.2) is 0 Å². The number of esters is 2. The van der Waals surface area contributed by atoms with E-state index >= 15 is 0 Å². The monoisotopic (exact) mass is 314 g/mol. The smallest absolute Gasteiger partial charge is 0.306 e. The summed E-state index contributed by atoms with van der Waals surface area (Å²) in [5, 5.41) is 0. The van der Waals surface area contributed by atoms with Crippen LogP contribution in [0.2, 0.25) is 0 Å². The van der Waals surface area contributed by atoms with E-state index in [0.717, 1.165) is 25.7 Å². The van der Waals surface area contributed by atoms with E-state index in [4.69, 9.17) is 9.47 Å². The minimum Gasteiger partial charge on any atom is -0.466 e. The van der Waals surface area contributed by atoms with Crippen molar-refractivity contribution in [3.8, 4) is 0 Å². The second kappa shape index (κ2) is 14.9. The molecule has 22 heavy (non-hydrogen) atoms. The van der Waals surface area contributed by atoms with Crippen LogP contribution in [0.25, 0.3) is 0 Å². The molecule has 4 heteroatoms. The summed E-state index contributed by atoms with van der Waals surface area (Å²) in [7, 11) is 0. The summed E-state index contributed by atoms with van der Waals surface area (Å²) in [6, 6.07) is 0. The Kier molecular flexibility index (Phi) is 14.1. The van der Waals surface area contributed by atoms with Crippen LogP contribution in [0.3, 0.4) is 0 Å². The third-order valence-electron chi connectivity index (χ3n) is 3.59. The number of hydrogen-bond acceptors (Lipinski definition) is 4. The topological polar surface area (TPSA) is 52.6 Å². The molecule has 0 saturated carbocycles. The molecule has 0 radical (unpaired) electrons. The van der Waals surface area contributed by atoms with E-state index in [0.29, 0.717) is 6.61 Å². The fourth-order valence-corrected chi connectivity index (χ4v) is 2.16. The zero-order chi connectivity index (χ0) is 16.6. The van der Waals surface area contributed by atoms with E-state index < -0.39 is 0 Å². The molecule has 130 valence electrons. The van der Waals surface area contributed by atoms with Crippen LogP contribution < -0.4 is 0 Å². The van der Waals surface area contributed by atoms with Crippen molar-refractivity contribution in [1.29, 1.82) is 0 Å². The number of unbranched alkanes of at least 4 members (excludes halogenated alkanes) is 6. The van der Waals surface area contributed by atoms with Crippen molar-refractivity contribution < 1.29 is 19.1 Å². The Balaban J connectivity index is 3.54. The molecule has 0 aliphatic heterocycles. The van der Waals surface area contributed by atoms with Crippen molar-refractivity contribution in [3.63, 3.8) is 0 Å². The van der Waals surface area contributed by atoms with E-state index in [-0.39, 0.29) is 30.9 Å². The van der Waals surface area contributed by atoms with Gasteiger partial charge in [-0.25, -0.2) is 0 Å².